The molecule has 10 aromatic carbocycles. The standard InChI is InChI=1S/C64H40N6O/c1-4-17-41(18-5-1)45-23-14-25-47(39-45)61-66-62(48-26-15-24-46(40-48)42-19-6-2-7-20-42)68-64(67-61)70-57-32-13-11-28-52(57)54-38-37-53-51-27-10-12-31-56(51)69(58(53)59(54)70)49-35-33-43(34-36-49)50-29-16-30-55-60(50)71-63(65-55)44-21-8-3-9-22-44/h1-40H. The highest BCUT2D eigenvalue weighted by Crippen LogP contribution is 2.42. The first-order valence-electron chi connectivity index (χ1n) is 23.8. The van der Waals surface area contributed by atoms with E-state index < -0.39 is 0 Å². The van der Waals surface area contributed by atoms with Crippen molar-refractivity contribution in [1.29, 1.82) is 0 Å². The van der Waals surface area contributed by atoms with Crippen molar-refractivity contribution in [3.8, 4) is 79.2 Å². The minimum Gasteiger partial charge on any atom is -0.435 e. The minimum atomic E-state index is 0.529. The number of benzene rings is 10. The molecule has 0 saturated heterocycles. The van der Waals surface area contributed by atoms with Crippen LogP contribution in [0.2, 0.25) is 0 Å². The van der Waals surface area contributed by atoms with Crippen LogP contribution >= 0.6 is 0 Å². The number of hydrogen-bond acceptors (Lipinski definition) is 5. The number of nitrogens with zero attached hydrogens (tertiary/aromatic N) is 6. The molecule has 0 aliphatic carbocycles. The van der Waals surface area contributed by atoms with Crippen LogP contribution in [0.4, 0.5) is 0 Å². The van der Waals surface area contributed by atoms with Gasteiger partial charge in [-0.15, -0.1) is 0 Å². The van der Waals surface area contributed by atoms with Crippen LogP contribution in [0.1, 0.15) is 0 Å². The summed E-state index contributed by atoms with van der Waals surface area (Å²) in [7, 11) is 0. The average molecular weight is 909 g/mol. The maximum Gasteiger partial charge on any atom is 0.238 e. The fourth-order valence-corrected chi connectivity index (χ4v) is 10.3. The van der Waals surface area contributed by atoms with E-state index in [0.717, 1.165) is 110 Å². The number of fused-ring (bicyclic) bond motifs is 8. The van der Waals surface area contributed by atoms with Gasteiger partial charge in [0.2, 0.25) is 11.8 Å². The van der Waals surface area contributed by atoms with Crippen molar-refractivity contribution in [2.24, 2.45) is 0 Å². The van der Waals surface area contributed by atoms with Gasteiger partial charge < -0.3 is 8.98 Å². The molecule has 0 aliphatic heterocycles. The summed E-state index contributed by atoms with van der Waals surface area (Å²) in [6, 6.07) is 84.6. The predicted molar refractivity (Wildman–Crippen MR) is 289 cm³/mol. The van der Waals surface area contributed by atoms with Crippen molar-refractivity contribution in [2.45, 2.75) is 0 Å². The van der Waals surface area contributed by atoms with Crippen molar-refractivity contribution < 1.29 is 4.42 Å². The lowest BCUT2D eigenvalue weighted by atomic mass is 10.0. The van der Waals surface area contributed by atoms with E-state index in [1.54, 1.807) is 0 Å². The molecule has 0 unspecified atom stereocenters. The molecule has 332 valence electrons. The first kappa shape index (κ1) is 40.4. The van der Waals surface area contributed by atoms with Gasteiger partial charge in [-0.1, -0.05) is 188 Å². The molecular weight excluding hydrogens is 869 g/mol. The van der Waals surface area contributed by atoms with Crippen LogP contribution in [0, 0.1) is 0 Å². The van der Waals surface area contributed by atoms with Gasteiger partial charge in [0.1, 0.15) is 5.52 Å². The Bertz CT molecular complexity index is 4220. The Morgan fingerprint density at radius 2 is 0.789 bits per heavy atom. The van der Waals surface area contributed by atoms with Crippen molar-refractivity contribution in [3.63, 3.8) is 0 Å². The molecule has 0 amide bonds. The molecule has 7 nitrogen and oxygen atoms in total. The zero-order valence-corrected chi connectivity index (χ0v) is 38.2. The van der Waals surface area contributed by atoms with E-state index in [9.17, 15) is 0 Å². The second-order valence-corrected chi connectivity index (χ2v) is 17.8. The Balaban J connectivity index is 1.00. The largest absolute Gasteiger partial charge is 0.435 e. The summed E-state index contributed by atoms with van der Waals surface area (Å²) in [4.78, 5) is 21.1. The van der Waals surface area contributed by atoms with Gasteiger partial charge in [0.15, 0.2) is 17.2 Å². The summed E-state index contributed by atoms with van der Waals surface area (Å²) in [5.74, 6) is 2.30. The van der Waals surface area contributed by atoms with Gasteiger partial charge in [-0.25, -0.2) is 9.97 Å². The number of para-hydroxylation sites is 3. The topological polar surface area (TPSA) is 74.6 Å². The van der Waals surface area contributed by atoms with Gasteiger partial charge >= 0.3 is 0 Å². The molecule has 0 spiro atoms. The number of aromatic nitrogens is 6. The van der Waals surface area contributed by atoms with Crippen LogP contribution in [0.5, 0.6) is 0 Å². The fraction of sp³-hybridized carbons (Fsp3) is 0. The Kier molecular flexibility index (Phi) is 9.38. The molecule has 0 saturated carbocycles. The highest BCUT2D eigenvalue weighted by atomic mass is 16.3. The number of rotatable bonds is 8. The Labute approximate surface area is 408 Å². The molecule has 14 aromatic rings. The molecule has 0 atom stereocenters. The summed E-state index contributed by atoms with van der Waals surface area (Å²) in [5.41, 5.74) is 15.9. The first-order valence-corrected chi connectivity index (χ1v) is 23.8. The second-order valence-electron chi connectivity index (χ2n) is 17.8. The predicted octanol–water partition coefficient (Wildman–Crippen LogP) is 16.2. The van der Waals surface area contributed by atoms with Crippen molar-refractivity contribution in [2.75, 3.05) is 0 Å². The fourth-order valence-electron chi connectivity index (χ4n) is 10.3. The van der Waals surface area contributed by atoms with Crippen LogP contribution < -0.4 is 0 Å². The van der Waals surface area contributed by atoms with Crippen LogP contribution in [0.25, 0.3) is 134 Å². The third kappa shape index (κ3) is 6.82. The van der Waals surface area contributed by atoms with Gasteiger partial charge in [-0.05, 0) is 82.4 Å². The Morgan fingerprint density at radius 3 is 1.38 bits per heavy atom. The summed E-state index contributed by atoms with van der Waals surface area (Å²) < 4.78 is 11.1. The van der Waals surface area contributed by atoms with Gasteiger partial charge in [-0.2, -0.15) is 9.97 Å². The lowest BCUT2D eigenvalue weighted by molar-refractivity contribution is 0.621. The maximum atomic E-state index is 6.48. The lowest BCUT2D eigenvalue weighted by Crippen LogP contribution is -2.07. The normalized spacial score (nSPS) is 11.7. The Morgan fingerprint density at radius 1 is 0.310 bits per heavy atom. The smallest absolute Gasteiger partial charge is 0.238 e. The van der Waals surface area contributed by atoms with Crippen LogP contribution in [-0.2, 0) is 0 Å². The maximum absolute atomic E-state index is 6.48. The molecule has 0 N–H and O–H groups in total. The van der Waals surface area contributed by atoms with Crippen LogP contribution in [0.15, 0.2) is 247 Å². The minimum absolute atomic E-state index is 0.529. The van der Waals surface area contributed by atoms with Gasteiger partial charge in [0.05, 0.1) is 22.1 Å². The summed E-state index contributed by atoms with van der Waals surface area (Å²) in [6.07, 6.45) is 0. The van der Waals surface area contributed by atoms with Gasteiger partial charge in [0, 0.05) is 49.5 Å². The average Bonchev–Trinajstić information content (AvgIpc) is 4.15. The molecule has 14 rings (SSSR count). The number of hydrogen-bond donors (Lipinski definition) is 0. The van der Waals surface area contributed by atoms with Crippen molar-refractivity contribution >= 4 is 54.7 Å². The van der Waals surface area contributed by atoms with Gasteiger partial charge in [0.25, 0.3) is 0 Å². The van der Waals surface area contributed by atoms with E-state index in [-0.39, 0.29) is 0 Å². The SMILES string of the molecule is c1ccc(-c2cccc(-c3nc(-c4cccc(-c5ccccc5)c4)nc(-n4c5ccccc5c5ccc6c7ccccc7n(-c7ccc(-c8cccc9nc(-c%10ccccc%10)oc89)cc7)c6c54)n3)c2)cc1. The van der Waals surface area contributed by atoms with E-state index in [1.165, 1.54) is 0 Å². The second kappa shape index (κ2) is 16.5. The van der Waals surface area contributed by atoms with Crippen molar-refractivity contribution in [3.05, 3.63) is 243 Å². The molecule has 0 radical (unpaired) electrons. The lowest BCUT2D eigenvalue weighted by Gasteiger charge is -2.14. The monoisotopic (exact) mass is 908 g/mol. The van der Waals surface area contributed by atoms with Crippen LogP contribution in [-0.4, -0.2) is 29.1 Å². The molecule has 7 heteroatoms. The summed E-state index contributed by atoms with van der Waals surface area (Å²) >= 11 is 0. The van der Waals surface area contributed by atoms with Gasteiger partial charge in [-0.3, -0.25) is 4.57 Å². The molecule has 71 heavy (non-hydrogen) atoms. The van der Waals surface area contributed by atoms with Crippen molar-refractivity contribution in [1.82, 2.24) is 29.1 Å². The highest BCUT2D eigenvalue weighted by molar-refractivity contribution is 6.23. The Hall–Kier alpha value is -9.72. The molecule has 0 fully saturated rings. The number of oxazole rings is 1. The molecule has 4 heterocycles. The molecule has 0 aliphatic rings. The van der Waals surface area contributed by atoms with Crippen LogP contribution in [0.3, 0.4) is 0 Å². The zero-order chi connectivity index (χ0) is 46.8. The summed E-state index contributed by atoms with van der Waals surface area (Å²) in [5, 5.41) is 4.48. The third-order valence-electron chi connectivity index (χ3n) is 13.6. The van der Waals surface area contributed by atoms with E-state index in [2.05, 4.69) is 197 Å². The van der Waals surface area contributed by atoms with E-state index in [4.69, 9.17) is 24.4 Å². The van der Waals surface area contributed by atoms with E-state index in [1.807, 2.05) is 54.6 Å². The molecule has 4 aromatic heterocycles. The third-order valence-corrected chi connectivity index (χ3v) is 13.6. The molecule has 0 bridgehead atoms. The van der Waals surface area contributed by atoms with E-state index in [0.29, 0.717) is 23.5 Å². The quantitative estimate of drug-likeness (QED) is 0.152. The molecular formula is C64H40N6O. The van der Waals surface area contributed by atoms with E-state index >= 15 is 0 Å². The summed E-state index contributed by atoms with van der Waals surface area (Å²) in [6.45, 7) is 0. The highest BCUT2D eigenvalue weighted by Gasteiger charge is 2.24. The zero-order valence-electron chi connectivity index (χ0n) is 38.2. The first-order chi connectivity index (χ1) is 35.2.